The molecule has 3 aromatic rings. The van der Waals surface area contributed by atoms with E-state index < -0.39 is 11.7 Å². The highest BCUT2D eigenvalue weighted by Gasteiger charge is 2.30. The summed E-state index contributed by atoms with van der Waals surface area (Å²) in [5, 5.41) is 8.11. The van der Waals surface area contributed by atoms with Crippen LogP contribution in [0.5, 0.6) is 5.75 Å². The van der Waals surface area contributed by atoms with Crippen molar-refractivity contribution in [2.24, 2.45) is 0 Å². The van der Waals surface area contributed by atoms with Gasteiger partial charge in [0, 0.05) is 25.8 Å². The largest absolute Gasteiger partial charge is 0.494 e. The molecule has 0 amide bonds. The molecule has 0 aliphatic rings. The van der Waals surface area contributed by atoms with Gasteiger partial charge in [-0.25, -0.2) is 0 Å². The number of hydrogen-bond acceptors (Lipinski definition) is 4. The number of halogens is 3. The summed E-state index contributed by atoms with van der Waals surface area (Å²) in [6, 6.07) is 16.8. The van der Waals surface area contributed by atoms with Gasteiger partial charge in [0.05, 0.1) is 17.9 Å². The summed E-state index contributed by atoms with van der Waals surface area (Å²) in [6.07, 6.45) is -1.96. The molecule has 158 valence electrons. The molecule has 0 saturated heterocycles. The maximum atomic E-state index is 12.6. The summed E-state index contributed by atoms with van der Waals surface area (Å²) in [7, 11) is 0. The second-order valence-electron chi connectivity index (χ2n) is 7.08. The zero-order valence-electron chi connectivity index (χ0n) is 16.8. The van der Waals surface area contributed by atoms with Crippen molar-refractivity contribution < 1.29 is 17.9 Å². The Hall–Kier alpha value is -2.93. The molecule has 1 heterocycles. The number of aromatic nitrogens is 2. The summed E-state index contributed by atoms with van der Waals surface area (Å²) in [6.45, 7) is 4.68. The van der Waals surface area contributed by atoms with E-state index in [9.17, 15) is 13.2 Å². The predicted octanol–water partition coefficient (Wildman–Crippen LogP) is 5.28. The Morgan fingerprint density at radius 2 is 1.70 bits per heavy atom. The second-order valence-corrected chi connectivity index (χ2v) is 7.08. The van der Waals surface area contributed by atoms with Gasteiger partial charge in [-0.05, 0) is 60.9 Å². The molecule has 3 rings (SSSR count). The van der Waals surface area contributed by atoms with Gasteiger partial charge in [0.2, 0.25) is 0 Å². The summed E-state index contributed by atoms with van der Waals surface area (Å²) < 4.78 is 43.6. The highest BCUT2D eigenvalue weighted by atomic mass is 19.4. The Bertz CT molecular complexity index is 915. The topological polar surface area (TPSA) is 38.2 Å². The highest BCUT2D eigenvalue weighted by Crippen LogP contribution is 2.30. The third-order valence-electron chi connectivity index (χ3n) is 4.74. The fourth-order valence-corrected chi connectivity index (χ4v) is 3.11. The summed E-state index contributed by atoms with van der Waals surface area (Å²) in [4.78, 5) is 2.27. The minimum Gasteiger partial charge on any atom is -0.494 e. The predicted molar refractivity (Wildman–Crippen MR) is 109 cm³/mol. The molecular formula is C23H24F3N3O. The Morgan fingerprint density at radius 3 is 2.37 bits per heavy atom. The Labute approximate surface area is 174 Å². The first-order chi connectivity index (χ1) is 14.4. The van der Waals surface area contributed by atoms with Crippen molar-refractivity contribution in [2.45, 2.75) is 32.6 Å². The Kier molecular flexibility index (Phi) is 7.41. The van der Waals surface area contributed by atoms with Crippen LogP contribution in [0.15, 0.2) is 66.9 Å². The molecule has 0 fully saturated rings. The van der Waals surface area contributed by atoms with Crippen molar-refractivity contribution in [1.29, 1.82) is 0 Å². The first-order valence-electron chi connectivity index (χ1n) is 9.75. The van der Waals surface area contributed by atoms with E-state index in [1.54, 1.807) is 6.20 Å². The average molecular weight is 415 g/mol. The third kappa shape index (κ3) is 6.56. The third-order valence-corrected chi connectivity index (χ3v) is 4.74. The molecule has 0 spiro atoms. The molecule has 0 aliphatic carbocycles. The lowest BCUT2D eigenvalue weighted by Gasteiger charge is -2.23. The molecule has 0 saturated carbocycles. The van der Waals surface area contributed by atoms with E-state index in [-0.39, 0.29) is 0 Å². The van der Waals surface area contributed by atoms with Crippen LogP contribution in [0.1, 0.15) is 28.8 Å². The maximum absolute atomic E-state index is 12.6. The van der Waals surface area contributed by atoms with Crippen LogP contribution in [0.4, 0.5) is 13.2 Å². The molecule has 0 aliphatic heterocycles. The number of hydrogen-bond donors (Lipinski definition) is 0. The molecule has 7 heteroatoms. The van der Waals surface area contributed by atoms with Gasteiger partial charge in [0.1, 0.15) is 5.75 Å². The maximum Gasteiger partial charge on any atom is 0.416 e. The zero-order valence-corrected chi connectivity index (χ0v) is 16.8. The lowest BCUT2D eigenvalue weighted by molar-refractivity contribution is -0.137. The van der Waals surface area contributed by atoms with Crippen molar-refractivity contribution in [1.82, 2.24) is 15.1 Å². The van der Waals surface area contributed by atoms with E-state index in [0.29, 0.717) is 18.9 Å². The van der Waals surface area contributed by atoms with E-state index >= 15 is 0 Å². The van der Waals surface area contributed by atoms with Gasteiger partial charge >= 0.3 is 6.18 Å². The summed E-state index contributed by atoms with van der Waals surface area (Å²) in [5.41, 5.74) is 2.67. The molecule has 0 radical (unpaired) electrons. The fraction of sp³-hybridized carbons (Fsp3) is 0.304. The van der Waals surface area contributed by atoms with Crippen molar-refractivity contribution in [3.8, 4) is 5.75 Å². The van der Waals surface area contributed by atoms with Crippen LogP contribution >= 0.6 is 0 Å². The van der Waals surface area contributed by atoms with Crippen LogP contribution < -0.4 is 4.74 Å². The number of nitrogens with zero attached hydrogens (tertiary/aromatic N) is 3. The molecule has 30 heavy (non-hydrogen) atoms. The number of ether oxygens (including phenoxy) is 1. The Morgan fingerprint density at radius 1 is 0.933 bits per heavy atom. The van der Waals surface area contributed by atoms with E-state index in [0.717, 1.165) is 37.3 Å². The van der Waals surface area contributed by atoms with Crippen LogP contribution in [0, 0.1) is 6.92 Å². The van der Waals surface area contributed by atoms with Gasteiger partial charge < -0.3 is 4.74 Å². The van der Waals surface area contributed by atoms with E-state index in [2.05, 4.69) is 34.2 Å². The van der Waals surface area contributed by atoms with Crippen molar-refractivity contribution in [2.75, 3.05) is 13.2 Å². The monoisotopic (exact) mass is 415 g/mol. The average Bonchev–Trinajstić information content (AvgIpc) is 2.73. The standard InChI is InChI=1S/C23H24F3N3O/c1-18-6-2-3-7-19(18)16-29(17-21-8-4-13-27-28-21)14-5-15-30-22-11-9-20(10-12-22)23(24,25)26/h2-4,6-13H,5,14-17H2,1H3. The number of alkyl halides is 3. The van der Waals surface area contributed by atoms with Gasteiger partial charge in [-0.2, -0.15) is 23.4 Å². The molecule has 0 bridgehead atoms. The molecule has 2 aromatic carbocycles. The van der Waals surface area contributed by atoms with Crippen LogP contribution in [0.3, 0.4) is 0 Å². The molecule has 0 unspecified atom stereocenters. The van der Waals surface area contributed by atoms with E-state index in [4.69, 9.17) is 4.74 Å². The van der Waals surface area contributed by atoms with E-state index in [1.165, 1.54) is 23.3 Å². The summed E-state index contributed by atoms with van der Waals surface area (Å²) in [5.74, 6) is 0.433. The molecule has 1 aromatic heterocycles. The molecule has 4 nitrogen and oxygen atoms in total. The normalized spacial score (nSPS) is 11.6. The smallest absolute Gasteiger partial charge is 0.416 e. The first-order valence-corrected chi connectivity index (χ1v) is 9.75. The van der Waals surface area contributed by atoms with Gasteiger partial charge in [-0.15, -0.1) is 0 Å². The Balaban J connectivity index is 1.55. The first kappa shape index (κ1) is 21.8. The molecular weight excluding hydrogens is 391 g/mol. The number of rotatable bonds is 9. The molecule has 0 N–H and O–H groups in total. The SMILES string of the molecule is Cc1ccccc1CN(CCCOc1ccc(C(F)(F)F)cc1)Cc1cccnn1. The lowest BCUT2D eigenvalue weighted by atomic mass is 10.1. The van der Waals surface area contributed by atoms with Gasteiger partial charge in [-0.1, -0.05) is 24.3 Å². The highest BCUT2D eigenvalue weighted by molar-refractivity contribution is 5.29. The second kappa shape index (κ2) is 10.2. The summed E-state index contributed by atoms with van der Waals surface area (Å²) >= 11 is 0. The minimum absolute atomic E-state index is 0.413. The lowest BCUT2D eigenvalue weighted by Crippen LogP contribution is -2.26. The van der Waals surface area contributed by atoms with E-state index in [1.807, 2.05) is 24.3 Å². The van der Waals surface area contributed by atoms with Crippen molar-refractivity contribution in [3.05, 3.63) is 89.2 Å². The van der Waals surface area contributed by atoms with Gasteiger partial charge in [0.25, 0.3) is 0 Å². The minimum atomic E-state index is -4.34. The number of benzene rings is 2. The fourth-order valence-electron chi connectivity index (χ4n) is 3.11. The van der Waals surface area contributed by atoms with Gasteiger partial charge in [-0.3, -0.25) is 4.90 Å². The van der Waals surface area contributed by atoms with Crippen LogP contribution in [0.2, 0.25) is 0 Å². The van der Waals surface area contributed by atoms with Crippen LogP contribution in [0.25, 0.3) is 0 Å². The van der Waals surface area contributed by atoms with Crippen molar-refractivity contribution >= 4 is 0 Å². The van der Waals surface area contributed by atoms with Crippen molar-refractivity contribution in [3.63, 3.8) is 0 Å². The van der Waals surface area contributed by atoms with Crippen LogP contribution in [-0.2, 0) is 19.3 Å². The van der Waals surface area contributed by atoms with Crippen LogP contribution in [-0.4, -0.2) is 28.2 Å². The van der Waals surface area contributed by atoms with Gasteiger partial charge in [0.15, 0.2) is 0 Å². The molecule has 0 atom stereocenters. The quantitative estimate of drug-likeness (QED) is 0.446. The zero-order chi connectivity index (χ0) is 21.4. The number of aryl methyl sites for hydroxylation is 1.